The maximum absolute atomic E-state index is 14.9. The average molecular weight is 856 g/mol. The minimum Gasteiger partial charge on any atom is -0.370 e. The van der Waals surface area contributed by atoms with Crippen LogP contribution in [0.1, 0.15) is 69.2 Å². The molecule has 2 fully saturated rings. The third kappa shape index (κ3) is 10.5. The van der Waals surface area contributed by atoms with E-state index < -0.39 is 108 Å². The van der Waals surface area contributed by atoms with Gasteiger partial charge in [-0.2, -0.15) is 0 Å². The highest BCUT2D eigenvalue weighted by molar-refractivity contribution is 5.99. The second-order valence-corrected chi connectivity index (χ2v) is 16.0. The van der Waals surface area contributed by atoms with Gasteiger partial charge in [-0.05, 0) is 24.0 Å². The molecular formula is C41H53N13O8. The smallest absolute Gasteiger partial charge is 0.246 e. The molecule has 62 heavy (non-hydrogen) atoms. The maximum Gasteiger partial charge on any atom is 0.246 e. The molecule has 0 unspecified atom stereocenters. The van der Waals surface area contributed by atoms with E-state index in [4.69, 9.17) is 17.2 Å². The normalized spacial score (nSPS) is 26.5. The summed E-state index contributed by atoms with van der Waals surface area (Å²) < 4.78 is 1.58. The summed E-state index contributed by atoms with van der Waals surface area (Å²) in [6.07, 6.45) is 10.1. The SMILES string of the molecule is CC[C@H](C)[C@@H]1NC(=O)[C@H](CC(N)=O)NC(=O)[C@@H](N)CC(=O)NCC[C@@H](C(N)=O)NC(=O)[C@H](Cc2c[nH]c3ccccc23)NC(=O)[C@@H]2C[C@H](n3cc(C4C=CC=C4)nn3)CN2C1=O. The number of primary amides is 2. The Morgan fingerprint density at radius 2 is 1.63 bits per heavy atom. The zero-order valence-corrected chi connectivity index (χ0v) is 34.4. The molecule has 6 rings (SSSR count). The molecule has 1 aromatic carbocycles. The van der Waals surface area contributed by atoms with Crippen LogP contribution in [0, 0.1) is 5.92 Å². The molecule has 0 saturated carbocycles. The van der Waals surface area contributed by atoms with Crippen molar-refractivity contribution in [2.45, 2.75) is 101 Å². The number of hydrogen-bond acceptors (Lipinski definition) is 11. The number of aromatic amines is 1. The molecule has 2 aromatic heterocycles. The van der Waals surface area contributed by atoms with E-state index in [9.17, 15) is 38.4 Å². The number of nitrogens with two attached hydrogens (primary N) is 3. The van der Waals surface area contributed by atoms with E-state index in [2.05, 4.69) is 41.9 Å². The predicted octanol–water partition coefficient (Wildman–Crippen LogP) is -2.06. The van der Waals surface area contributed by atoms with Gasteiger partial charge in [-0.1, -0.05) is 68.0 Å². The van der Waals surface area contributed by atoms with Gasteiger partial charge in [0.15, 0.2) is 0 Å². The van der Waals surface area contributed by atoms with Crippen molar-refractivity contribution in [2.24, 2.45) is 23.1 Å². The molecule has 21 nitrogen and oxygen atoms in total. The van der Waals surface area contributed by atoms with Crippen molar-refractivity contribution >= 4 is 58.2 Å². The Labute approximate surface area is 356 Å². The second-order valence-electron chi connectivity index (χ2n) is 16.0. The van der Waals surface area contributed by atoms with E-state index in [1.807, 2.05) is 48.6 Å². The highest BCUT2D eigenvalue weighted by Gasteiger charge is 2.45. The lowest BCUT2D eigenvalue weighted by molar-refractivity contribution is -0.143. The number of H-pyrrole nitrogens is 1. The monoisotopic (exact) mass is 855 g/mol. The number of amides is 8. The van der Waals surface area contributed by atoms with Crippen LogP contribution < -0.4 is 43.8 Å². The fourth-order valence-corrected chi connectivity index (χ4v) is 7.83. The predicted molar refractivity (Wildman–Crippen MR) is 223 cm³/mol. The summed E-state index contributed by atoms with van der Waals surface area (Å²) in [6.45, 7) is 3.27. The summed E-state index contributed by atoms with van der Waals surface area (Å²) in [4.78, 5) is 113. The van der Waals surface area contributed by atoms with Crippen molar-refractivity contribution in [3.8, 4) is 0 Å². The van der Waals surface area contributed by atoms with Crippen LogP contribution in [0.15, 0.2) is 61.0 Å². The van der Waals surface area contributed by atoms with Crippen LogP contribution in [0.3, 0.4) is 0 Å². The standard InChI is InChI=1S/C41H53N13O8/c1-3-21(2)35-41(62)53-19-24(54-20-31(51-52-54)22-8-4-5-9-22)15-32(53)40(61)49-29(14-23-18-46-27-11-7-6-10-25(23)27)38(59)47-28(36(44)57)12-13-45-34(56)16-26(42)37(58)48-30(17-33(43)55)39(60)50-35/h4-11,18,20-22,24,26,28-30,32,35,46H,3,12-17,19,42H2,1-2H3,(H2,43,55)(H2,44,57)(H,45,56)(H,47,59)(H,48,58)(H,49,61)(H,50,60)/t21-,24-,26-,28-,29-,30-,32-,35-/m0/s1. The summed E-state index contributed by atoms with van der Waals surface area (Å²) >= 11 is 0. The molecule has 3 aliphatic rings. The number of hydrogen-bond donors (Lipinski definition) is 9. The van der Waals surface area contributed by atoms with Gasteiger partial charge in [0.05, 0.1) is 30.6 Å². The fourth-order valence-electron chi connectivity index (χ4n) is 7.83. The first-order chi connectivity index (χ1) is 29.6. The average Bonchev–Trinajstić information content (AvgIpc) is 4.08. The minimum absolute atomic E-state index is 0.0289. The summed E-state index contributed by atoms with van der Waals surface area (Å²) in [7, 11) is 0. The number of allylic oxidation sites excluding steroid dienone is 4. The van der Waals surface area contributed by atoms with Crippen LogP contribution >= 0.6 is 0 Å². The van der Waals surface area contributed by atoms with Crippen molar-refractivity contribution in [3.05, 3.63) is 72.2 Å². The molecule has 3 aromatic rings. The first-order valence-electron chi connectivity index (χ1n) is 20.6. The zero-order chi connectivity index (χ0) is 44.7. The van der Waals surface area contributed by atoms with E-state index in [1.54, 1.807) is 30.9 Å². The summed E-state index contributed by atoms with van der Waals surface area (Å²) in [5.41, 5.74) is 19.3. The third-order valence-corrected chi connectivity index (χ3v) is 11.6. The molecule has 0 radical (unpaired) electrons. The molecule has 2 saturated heterocycles. The Morgan fingerprint density at radius 3 is 2.34 bits per heavy atom. The molecule has 1 aliphatic carbocycles. The van der Waals surface area contributed by atoms with Crippen LogP contribution in [0.25, 0.3) is 10.9 Å². The molecule has 0 spiro atoms. The molecule has 12 N–H and O–H groups in total. The number of carbonyl (C=O) groups excluding carboxylic acids is 8. The number of fused-ring (bicyclic) bond motifs is 2. The van der Waals surface area contributed by atoms with E-state index in [0.29, 0.717) is 17.7 Å². The van der Waals surface area contributed by atoms with E-state index in [-0.39, 0.29) is 38.3 Å². The van der Waals surface area contributed by atoms with Crippen LogP contribution in [0.2, 0.25) is 0 Å². The summed E-state index contributed by atoms with van der Waals surface area (Å²) in [5.74, 6) is -7.25. The third-order valence-electron chi connectivity index (χ3n) is 11.6. The number of nitrogens with one attached hydrogen (secondary N) is 6. The summed E-state index contributed by atoms with van der Waals surface area (Å²) in [5, 5.41) is 22.5. The van der Waals surface area contributed by atoms with Crippen LogP contribution in [-0.4, -0.2) is 121 Å². The number of aromatic nitrogens is 4. The number of rotatable bonds is 9. The lowest BCUT2D eigenvalue weighted by Crippen LogP contribution is -2.60. The van der Waals surface area contributed by atoms with Gasteiger partial charge in [0.25, 0.3) is 0 Å². The number of nitrogens with zero attached hydrogens (tertiary/aromatic N) is 4. The quantitative estimate of drug-likeness (QED) is 0.113. The number of carbonyl (C=O) groups is 8. The Balaban J connectivity index is 1.39. The summed E-state index contributed by atoms with van der Waals surface area (Å²) in [6, 6.07) is -1.42. The highest BCUT2D eigenvalue weighted by Crippen LogP contribution is 2.31. The molecule has 4 heterocycles. The van der Waals surface area contributed by atoms with Gasteiger partial charge in [0.1, 0.15) is 30.2 Å². The second kappa shape index (κ2) is 19.7. The van der Waals surface area contributed by atoms with Crippen LogP contribution in [0.5, 0.6) is 0 Å². The molecule has 21 heteroatoms. The number of para-hydroxylation sites is 1. The largest absolute Gasteiger partial charge is 0.370 e. The van der Waals surface area contributed by atoms with Crippen LogP contribution in [0.4, 0.5) is 0 Å². The highest BCUT2D eigenvalue weighted by atomic mass is 16.2. The molecular weight excluding hydrogens is 803 g/mol. The Morgan fingerprint density at radius 1 is 0.919 bits per heavy atom. The van der Waals surface area contributed by atoms with Crippen molar-refractivity contribution in [2.75, 3.05) is 13.1 Å². The fraction of sp³-hybridized carbons (Fsp3) is 0.463. The zero-order valence-electron chi connectivity index (χ0n) is 34.4. The lowest BCUT2D eigenvalue weighted by Gasteiger charge is -2.33. The molecule has 8 amide bonds. The first-order valence-corrected chi connectivity index (χ1v) is 20.6. The van der Waals surface area contributed by atoms with Gasteiger partial charge in [-0.3, -0.25) is 38.4 Å². The topological polar surface area (TPSA) is 325 Å². The lowest BCUT2D eigenvalue weighted by atomic mass is 9.96. The van der Waals surface area contributed by atoms with Gasteiger partial charge in [-0.15, -0.1) is 5.10 Å². The van der Waals surface area contributed by atoms with Crippen molar-refractivity contribution in [1.29, 1.82) is 0 Å². The van der Waals surface area contributed by atoms with Crippen molar-refractivity contribution < 1.29 is 38.4 Å². The van der Waals surface area contributed by atoms with Crippen molar-refractivity contribution in [3.63, 3.8) is 0 Å². The minimum atomic E-state index is -1.58. The molecule has 330 valence electrons. The molecule has 2 aliphatic heterocycles. The van der Waals surface area contributed by atoms with Crippen LogP contribution in [-0.2, 0) is 44.8 Å². The van der Waals surface area contributed by atoms with E-state index in [0.717, 1.165) is 10.9 Å². The van der Waals surface area contributed by atoms with Crippen molar-refractivity contribution in [1.82, 2.24) is 51.5 Å². The molecule has 8 atom stereocenters. The number of benzene rings is 1. The Bertz CT molecular complexity index is 2260. The van der Waals surface area contributed by atoms with E-state index >= 15 is 0 Å². The first kappa shape index (κ1) is 44.6. The van der Waals surface area contributed by atoms with E-state index in [1.165, 1.54) is 4.90 Å². The van der Waals surface area contributed by atoms with Gasteiger partial charge in [0, 0.05) is 55.1 Å². The molecule has 0 bridgehead atoms. The van der Waals surface area contributed by atoms with Gasteiger partial charge in [-0.25, -0.2) is 4.68 Å². The van der Waals surface area contributed by atoms with Gasteiger partial charge in [0.2, 0.25) is 47.3 Å². The van der Waals surface area contributed by atoms with Gasteiger partial charge >= 0.3 is 0 Å². The Hall–Kier alpha value is -6.90. The Kier molecular flexibility index (Phi) is 14.2. The maximum atomic E-state index is 14.9. The van der Waals surface area contributed by atoms with Gasteiger partial charge < -0.3 is 53.7 Å².